The van der Waals surface area contributed by atoms with E-state index >= 15 is 0 Å². The topological polar surface area (TPSA) is 67.8 Å². The number of ether oxygens (including phenoxy) is 1. The Balaban J connectivity index is 2.56. The fourth-order valence-electron chi connectivity index (χ4n) is 1.34. The van der Waals surface area contributed by atoms with Crippen molar-refractivity contribution >= 4 is 6.09 Å². The van der Waals surface area contributed by atoms with Gasteiger partial charge in [-0.1, -0.05) is 12.1 Å². The summed E-state index contributed by atoms with van der Waals surface area (Å²) in [5.41, 5.74) is 1.83. The van der Waals surface area contributed by atoms with E-state index in [0.717, 1.165) is 0 Å². The first-order chi connectivity index (χ1) is 8.81. The van der Waals surface area contributed by atoms with Crippen LogP contribution in [0.1, 0.15) is 32.4 Å². The summed E-state index contributed by atoms with van der Waals surface area (Å²) in [6, 6.07) is 5.57. The van der Waals surface area contributed by atoms with Crippen molar-refractivity contribution in [3.63, 3.8) is 0 Å². The number of benzene rings is 1. The van der Waals surface area contributed by atoms with E-state index < -0.39 is 30.2 Å². The number of nitrogens with one attached hydrogen (secondary N) is 1. The van der Waals surface area contributed by atoms with Crippen LogP contribution in [0.5, 0.6) is 0 Å². The highest BCUT2D eigenvalue weighted by Crippen LogP contribution is 2.17. The number of hydrogen-bond acceptors (Lipinski definition) is 4. The van der Waals surface area contributed by atoms with Gasteiger partial charge in [0.2, 0.25) is 0 Å². The molecule has 1 atom stereocenters. The quantitative estimate of drug-likeness (QED) is 0.825. The first-order valence-electron chi connectivity index (χ1n) is 5.83. The molecule has 0 radical (unpaired) electrons. The number of carbonyl (C=O) groups is 1. The maximum atomic E-state index is 13.0. The van der Waals surface area contributed by atoms with Crippen LogP contribution in [-0.2, 0) is 9.57 Å². The Labute approximate surface area is 111 Å². The molecular weight excluding hydrogens is 253 g/mol. The monoisotopic (exact) mass is 271 g/mol. The van der Waals surface area contributed by atoms with Gasteiger partial charge in [-0.25, -0.2) is 9.18 Å². The van der Waals surface area contributed by atoms with Crippen molar-refractivity contribution in [1.29, 1.82) is 0 Å². The van der Waals surface area contributed by atoms with E-state index in [1.807, 2.05) is 0 Å². The number of halogens is 1. The number of rotatable bonds is 4. The highest BCUT2D eigenvalue weighted by molar-refractivity contribution is 5.66. The molecule has 19 heavy (non-hydrogen) atoms. The van der Waals surface area contributed by atoms with Crippen LogP contribution >= 0.6 is 0 Å². The molecule has 0 saturated heterocycles. The molecule has 1 amide bonds. The maximum Gasteiger partial charge on any atom is 0.431 e. The molecule has 0 aliphatic rings. The Morgan fingerprint density at radius 3 is 2.68 bits per heavy atom. The lowest BCUT2D eigenvalue weighted by Crippen LogP contribution is -2.34. The molecule has 1 aromatic carbocycles. The summed E-state index contributed by atoms with van der Waals surface area (Å²) in [7, 11) is 0. The van der Waals surface area contributed by atoms with Crippen molar-refractivity contribution < 1.29 is 23.9 Å². The van der Waals surface area contributed by atoms with Crippen LogP contribution in [0.3, 0.4) is 0 Å². The van der Waals surface area contributed by atoms with E-state index in [2.05, 4.69) is 5.48 Å². The molecule has 0 aromatic heterocycles. The van der Waals surface area contributed by atoms with Crippen LogP contribution in [-0.4, -0.2) is 23.4 Å². The molecule has 2 N–H and O–H groups in total. The number of hydrogen-bond donors (Lipinski definition) is 2. The predicted molar refractivity (Wildman–Crippen MR) is 66.7 cm³/mol. The van der Waals surface area contributed by atoms with Crippen LogP contribution < -0.4 is 5.48 Å². The summed E-state index contributed by atoms with van der Waals surface area (Å²) >= 11 is 0. The SMILES string of the molecule is CC(C)(C)OC(=O)NOC(CO)c1cccc(F)c1. The Morgan fingerprint density at radius 2 is 2.16 bits per heavy atom. The van der Waals surface area contributed by atoms with Crippen LogP contribution in [0.15, 0.2) is 24.3 Å². The Bertz CT molecular complexity index is 431. The molecule has 1 aromatic rings. The van der Waals surface area contributed by atoms with Gasteiger partial charge in [0.05, 0.1) is 6.61 Å². The number of aliphatic hydroxyl groups excluding tert-OH is 1. The predicted octanol–water partition coefficient (Wildman–Crippen LogP) is 2.32. The molecule has 0 bridgehead atoms. The van der Waals surface area contributed by atoms with E-state index in [1.165, 1.54) is 18.2 Å². The van der Waals surface area contributed by atoms with Gasteiger partial charge in [-0.05, 0) is 38.5 Å². The van der Waals surface area contributed by atoms with Gasteiger partial charge >= 0.3 is 6.09 Å². The van der Waals surface area contributed by atoms with Crippen LogP contribution in [0.4, 0.5) is 9.18 Å². The molecular formula is C13H18FNO4. The van der Waals surface area contributed by atoms with Crippen LogP contribution in [0, 0.1) is 5.82 Å². The van der Waals surface area contributed by atoms with Crippen LogP contribution in [0.2, 0.25) is 0 Å². The van der Waals surface area contributed by atoms with Gasteiger partial charge in [0.15, 0.2) is 0 Å². The molecule has 0 spiro atoms. The fraction of sp³-hybridized carbons (Fsp3) is 0.462. The van der Waals surface area contributed by atoms with Gasteiger partial charge in [-0.15, -0.1) is 0 Å². The van der Waals surface area contributed by atoms with Crippen LogP contribution in [0.25, 0.3) is 0 Å². The Kier molecular flexibility index (Phi) is 5.26. The van der Waals surface area contributed by atoms with E-state index in [1.54, 1.807) is 26.8 Å². The average molecular weight is 271 g/mol. The number of carbonyl (C=O) groups excluding carboxylic acids is 1. The zero-order chi connectivity index (χ0) is 14.5. The molecule has 6 heteroatoms. The second-order valence-electron chi connectivity index (χ2n) is 4.95. The first-order valence-corrected chi connectivity index (χ1v) is 5.83. The molecule has 0 aliphatic carbocycles. The van der Waals surface area contributed by atoms with Gasteiger partial charge in [-0.2, -0.15) is 5.48 Å². The van der Waals surface area contributed by atoms with E-state index in [9.17, 15) is 14.3 Å². The van der Waals surface area contributed by atoms with E-state index in [-0.39, 0.29) is 0 Å². The lowest BCUT2D eigenvalue weighted by molar-refractivity contribution is -0.0611. The van der Waals surface area contributed by atoms with Gasteiger partial charge in [0.1, 0.15) is 17.5 Å². The van der Waals surface area contributed by atoms with Crippen molar-refractivity contribution in [3.8, 4) is 0 Å². The lowest BCUT2D eigenvalue weighted by Gasteiger charge is -2.21. The highest BCUT2D eigenvalue weighted by Gasteiger charge is 2.18. The van der Waals surface area contributed by atoms with Crippen molar-refractivity contribution in [2.24, 2.45) is 0 Å². The largest absolute Gasteiger partial charge is 0.442 e. The number of hydroxylamine groups is 1. The molecule has 1 unspecified atom stereocenters. The molecule has 0 aliphatic heterocycles. The number of aliphatic hydroxyl groups is 1. The molecule has 0 heterocycles. The summed E-state index contributed by atoms with van der Waals surface area (Å²) in [4.78, 5) is 16.4. The zero-order valence-corrected chi connectivity index (χ0v) is 11.1. The summed E-state index contributed by atoms with van der Waals surface area (Å²) < 4.78 is 18.0. The fourth-order valence-corrected chi connectivity index (χ4v) is 1.34. The van der Waals surface area contributed by atoms with Crippen molar-refractivity contribution in [1.82, 2.24) is 5.48 Å². The van der Waals surface area contributed by atoms with Gasteiger partial charge in [0, 0.05) is 0 Å². The summed E-state index contributed by atoms with van der Waals surface area (Å²) in [6.45, 7) is 4.73. The lowest BCUT2D eigenvalue weighted by atomic mass is 10.1. The summed E-state index contributed by atoms with van der Waals surface area (Å²) in [5.74, 6) is -0.447. The maximum absolute atomic E-state index is 13.0. The number of amides is 1. The molecule has 0 fully saturated rings. The third kappa shape index (κ3) is 5.67. The molecule has 0 saturated carbocycles. The van der Waals surface area contributed by atoms with E-state index in [0.29, 0.717) is 5.56 Å². The first kappa shape index (κ1) is 15.4. The normalized spacial score (nSPS) is 12.9. The minimum atomic E-state index is -0.858. The third-order valence-corrected chi connectivity index (χ3v) is 2.07. The molecule has 1 rings (SSSR count). The van der Waals surface area contributed by atoms with Gasteiger partial charge in [0.25, 0.3) is 0 Å². The molecule has 5 nitrogen and oxygen atoms in total. The Morgan fingerprint density at radius 1 is 1.47 bits per heavy atom. The van der Waals surface area contributed by atoms with Crippen molar-refractivity contribution in [3.05, 3.63) is 35.6 Å². The van der Waals surface area contributed by atoms with Gasteiger partial charge in [-0.3, -0.25) is 4.84 Å². The second-order valence-corrected chi connectivity index (χ2v) is 4.95. The minimum absolute atomic E-state index is 0.404. The standard InChI is InChI=1S/C13H18FNO4/c1-13(2,3)18-12(17)15-19-11(8-16)9-5-4-6-10(14)7-9/h4-7,11,16H,8H2,1-3H3,(H,15,17). The average Bonchev–Trinajstić information content (AvgIpc) is 2.27. The van der Waals surface area contributed by atoms with Crippen molar-refractivity contribution in [2.45, 2.75) is 32.5 Å². The summed E-state index contributed by atoms with van der Waals surface area (Å²) in [5, 5.41) is 9.18. The van der Waals surface area contributed by atoms with E-state index in [4.69, 9.17) is 9.57 Å². The highest BCUT2D eigenvalue weighted by atomic mass is 19.1. The zero-order valence-electron chi connectivity index (χ0n) is 11.1. The molecule has 106 valence electrons. The Hall–Kier alpha value is -1.66. The minimum Gasteiger partial charge on any atom is -0.442 e. The third-order valence-electron chi connectivity index (χ3n) is 2.07. The summed E-state index contributed by atoms with van der Waals surface area (Å²) in [6.07, 6.45) is -1.63. The van der Waals surface area contributed by atoms with Crippen molar-refractivity contribution in [2.75, 3.05) is 6.61 Å². The van der Waals surface area contributed by atoms with Gasteiger partial charge < -0.3 is 9.84 Å². The second kappa shape index (κ2) is 6.49. The smallest absolute Gasteiger partial charge is 0.431 e.